The number of aromatic nitrogens is 3. The lowest BCUT2D eigenvalue weighted by Crippen LogP contribution is -2.43. The average Bonchev–Trinajstić information content (AvgIpc) is 3.20. The Bertz CT molecular complexity index is 912. The maximum absolute atomic E-state index is 13.4. The second-order valence-electron chi connectivity index (χ2n) is 8.84. The predicted octanol–water partition coefficient (Wildman–Crippen LogP) is 2.56. The smallest absolute Gasteiger partial charge is 0.257 e. The van der Waals surface area contributed by atoms with Gasteiger partial charge in [0.05, 0.1) is 17.5 Å². The van der Waals surface area contributed by atoms with E-state index in [1.54, 1.807) is 17.1 Å². The standard InChI is InChI=1S/C24H34N6O2/c1-19-21(18-27-30(19)22-10-2-4-11-25-22)24(32)29-15-7-6-14-28-13-5-3-9-20(28)17-23(31)26-12-8-16-29/h2,4,10-11,18,20H,3,5-9,12-17H2,1H3,(H,26,31). The SMILES string of the molecule is Cc1c(C(=O)N2CCCCN3CCCCC3CC(=O)NCCC2)cnn1-c1ccccn1. The highest BCUT2D eigenvalue weighted by atomic mass is 16.2. The molecule has 2 amide bonds. The Balaban J connectivity index is 1.45. The van der Waals surface area contributed by atoms with Crippen LogP contribution in [0.5, 0.6) is 0 Å². The summed E-state index contributed by atoms with van der Waals surface area (Å²) in [7, 11) is 0. The fourth-order valence-corrected chi connectivity index (χ4v) is 4.80. The van der Waals surface area contributed by atoms with Gasteiger partial charge in [-0.3, -0.25) is 14.5 Å². The molecule has 0 saturated carbocycles. The number of carbonyl (C=O) groups excluding carboxylic acids is 2. The number of nitrogens with zero attached hydrogens (tertiary/aromatic N) is 5. The van der Waals surface area contributed by atoms with Gasteiger partial charge in [0, 0.05) is 38.3 Å². The molecule has 8 nitrogen and oxygen atoms in total. The van der Waals surface area contributed by atoms with Crippen molar-refractivity contribution in [3.8, 4) is 5.82 Å². The minimum Gasteiger partial charge on any atom is -0.356 e. The lowest BCUT2D eigenvalue weighted by molar-refractivity contribution is -0.122. The third-order valence-corrected chi connectivity index (χ3v) is 6.61. The molecule has 0 bridgehead atoms. The van der Waals surface area contributed by atoms with Crippen LogP contribution in [0.3, 0.4) is 0 Å². The first-order valence-corrected chi connectivity index (χ1v) is 11.9. The number of carbonyl (C=O) groups is 2. The monoisotopic (exact) mass is 438 g/mol. The van der Waals surface area contributed by atoms with E-state index >= 15 is 0 Å². The van der Waals surface area contributed by atoms with Gasteiger partial charge in [0.15, 0.2) is 5.82 Å². The van der Waals surface area contributed by atoms with Gasteiger partial charge in [-0.05, 0) is 64.3 Å². The topological polar surface area (TPSA) is 83.4 Å². The number of rotatable bonds is 2. The molecule has 172 valence electrons. The van der Waals surface area contributed by atoms with Crippen LogP contribution in [0.15, 0.2) is 30.6 Å². The molecule has 2 fully saturated rings. The molecule has 1 N–H and O–H groups in total. The Morgan fingerprint density at radius 2 is 1.84 bits per heavy atom. The van der Waals surface area contributed by atoms with Gasteiger partial charge >= 0.3 is 0 Å². The third kappa shape index (κ3) is 5.35. The van der Waals surface area contributed by atoms with Crippen molar-refractivity contribution >= 4 is 11.8 Å². The second-order valence-corrected chi connectivity index (χ2v) is 8.84. The van der Waals surface area contributed by atoms with Gasteiger partial charge in [-0.25, -0.2) is 9.67 Å². The van der Waals surface area contributed by atoms with Crippen LogP contribution in [0.1, 0.15) is 61.0 Å². The first kappa shape index (κ1) is 22.5. The molecular formula is C24H34N6O2. The maximum atomic E-state index is 13.4. The molecule has 8 heteroatoms. The van der Waals surface area contributed by atoms with E-state index in [9.17, 15) is 9.59 Å². The molecule has 2 aliphatic rings. The molecule has 2 aromatic rings. The second kappa shape index (κ2) is 10.7. The molecule has 4 rings (SSSR count). The zero-order valence-electron chi connectivity index (χ0n) is 19.0. The van der Waals surface area contributed by atoms with Crippen LogP contribution in [-0.4, -0.2) is 75.1 Å². The fraction of sp³-hybridized carbons (Fsp3) is 0.583. The third-order valence-electron chi connectivity index (χ3n) is 6.61. The zero-order chi connectivity index (χ0) is 22.3. The van der Waals surface area contributed by atoms with Crippen molar-refractivity contribution < 1.29 is 9.59 Å². The van der Waals surface area contributed by atoms with Crippen molar-refractivity contribution in [2.45, 2.75) is 57.9 Å². The van der Waals surface area contributed by atoms with Gasteiger partial charge in [0.25, 0.3) is 5.91 Å². The lowest BCUT2D eigenvalue weighted by atomic mass is 9.98. The molecular weight excluding hydrogens is 404 g/mol. The van der Waals surface area contributed by atoms with Gasteiger partial charge in [-0.15, -0.1) is 0 Å². The predicted molar refractivity (Wildman–Crippen MR) is 123 cm³/mol. The van der Waals surface area contributed by atoms with Crippen LogP contribution in [0.2, 0.25) is 0 Å². The summed E-state index contributed by atoms with van der Waals surface area (Å²) in [6.45, 7) is 5.93. The van der Waals surface area contributed by atoms with Crippen molar-refractivity contribution in [3.05, 3.63) is 41.9 Å². The van der Waals surface area contributed by atoms with E-state index < -0.39 is 0 Å². The number of pyridine rings is 1. The van der Waals surface area contributed by atoms with E-state index in [0.29, 0.717) is 36.9 Å². The summed E-state index contributed by atoms with van der Waals surface area (Å²) < 4.78 is 1.71. The summed E-state index contributed by atoms with van der Waals surface area (Å²) in [6, 6.07) is 6.01. The first-order valence-electron chi connectivity index (χ1n) is 11.9. The van der Waals surface area contributed by atoms with Crippen LogP contribution >= 0.6 is 0 Å². The van der Waals surface area contributed by atoms with Gasteiger partial charge in [0.1, 0.15) is 0 Å². The summed E-state index contributed by atoms with van der Waals surface area (Å²) in [5, 5.41) is 7.48. The summed E-state index contributed by atoms with van der Waals surface area (Å²) in [5.41, 5.74) is 1.40. The maximum Gasteiger partial charge on any atom is 0.257 e. The van der Waals surface area contributed by atoms with Gasteiger partial charge in [-0.2, -0.15) is 5.10 Å². The van der Waals surface area contributed by atoms with E-state index in [2.05, 4.69) is 20.3 Å². The van der Waals surface area contributed by atoms with Crippen LogP contribution in [0.4, 0.5) is 0 Å². The number of amides is 2. The van der Waals surface area contributed by atoms with Crippen LogP contribution < -0.4 is 5.32 Å². The highest BCUT2D eigenvalue weighted by Crippen LogP contribution is 2.21. The van der Waals surface area contributed by atoms with Gasteiger partial charge < -0.3 is 10.2 Å². The van der Waals surface area contributed by atoms with Crippen molar-refractivity contribution in [2.24, 2.45) is 0 Å². The quantitative estimate of drug-likeness (QED) is 0.779. The van der Waals surface area contributed by atoms with Gasteiger partial charge in [0.2, 0.25) is 5.91 Å². The number of fused-ring (bicyclic) bond motifs is 1. The Morgan fingerprint density at radius 3 is 2.66 bits per heavy atom. The minimum absolute atomic E-state index is 0.00160. The molecule has 4 heterocycles. The Morgan fingerprint density at radius 1 is 1.06 bits per heavy atom. The van der Waals surface area contributed by atoms with Gasteiger partial charge in [-0.1, -0.05) is 12.5 Å². The average molecular weight is 439 g/mol. The highest BCUT2D eigenvalue weighted by molar-refractivity contribution is 5.95. The van der Waals surface area contributed by atoms with E-state index in [4.69, 9.17) is 0 Å². The molecule has 2 aromatic heterocycles. The number of hydrogen-bond donors (Lipinski definition) is 1. The van der Waals surface area contributed by atoms with E-state index in [0.717, 1.165) is 51.0 Å². The minimum atomic E-state index is 0.00160. The largest absolute Gasteiger partial charge is 0.356 e. The molecule has 0 aromatic carbocycles. The number of piperidine rings is 1. The number of hydrogen-bond acceptors (Lipinski definition) is 5. The zero-order valence-corrected chi connectivity index (χ0v) is 19.0. The molecule has 1 unspecified atom stereocenters. The Kier molecular flexibility index (Phi) is 7.52. The molecule has 2 saturated heterocycles. The summed E-state index contributed by atoms with van der Waals surface area (Å²) in [6.07, 6.45) is 10.2. The molecule has 32 heavy (non-hydrogen) atoms. The Hall–Kier alpha value is -2.74. The molecule has 0 spiro atoms. The van der Waals surface area contributed by atoms with E-state index in [1.807, 2.05) is 30.0 Å². The van der Waals surface area contributed by atoms with Crippen LogP contribution in [-0.2, 0) is 4.79 Å². The molecule has 1 atom stereocenters. The van der Waals surface area contributed by atoms with E-state index in [-0.39, 0.29) is 11.8 Å². The highest BCUT2D eigenvalue weighted by Gasteiger charge is 2.25. The van der Waals surface area contributed by atoms with Crippen molar-refractivity contribution in [2.75, 3.05) is 32.7 Å². The normalized spacial score (nSPS) is 21.6. The summed E-state index contributed by atoms with van der Waals surface area (Å²) in [4.78, 5) is 34.6. The van der Waals surface area contributed by atoms with Crippen LogP contribution in [0.25, 0.3) is 5.82 Å². The molecule has 0 aliphatic carbocycles. The summed E-state index contributed by atoms with van der Waals surface area (Å²) >= 11 is 0. The van der Waals surface area contributed by atoms with Crippen molar-refractivity contribution in [1.29, 1.82) is 0 Å². The Labute approximate surface area is 190 Å². The lowest BCUT2D eigenvalue weighted by Gasteiger charge is -2.35. The molecule has 2 aliphatic heterocycles. The van der Waals surface area contributed by atoms with Crippen LogP contribution in [0, 0.1) is 6.92 Å². The van der Waals surface area contributed by atoms with Crippen molar-refractivity contribution in [1.82, 2.24) is 29.9 Å². The number of nitrogens with one attached hydrogen (secondary N) is 1. The van der Waals surface area contributed by atoms with Crippen molar-refractivity contribution in [3.63, 3.8) is 0 Å². The van der Waals surface area contributed by atoms with E-state index in [1.165, 1.54) is 12.8 Å². The molecule has 0 radical (unpaired) electrons. The fourth-order valence-electron chi connectivity index (χ4n) is 4.80. The first-order chi connectivity index (χ1) is 15.6. The summed E-state index contributed by atoms with van der Waals surface area (Å²) in [5.74, 6) is 0.834.